The van der Waals surface area contributed by atoms with Crippen LogP contribution < -0.4 is 10.9 Å². The molecule has 0 saturated carbocycles. The molecule has 0 radical (unpaired) electrons. The van der Waals surface area contributed by atoms with Gasteiger partial charge in [0.25, 0.3) is 11.5 Å². The van der Waals surface area contributed by atoms with Crippen molar-refractivity contribution in [2.24, 2.45) is 5.92 Å². The van der Waals surface area contributed by atoms with Crippen LogP contribution in [0.3, 0.4) is 0 Å². The molecule has 2 aromatic heterocycles. The van der Waals surface area contributed by atoms with Crippen molar-refractivity contribution >= 4 is 28.8 Å². The summed E-state index contributed by atoms with van der Waals surface area (Å²) in [6.07, 6.45) is 2.14. The highest BCUT2D eigenvalue weighted by molar-refractivity contribution is 7.13. The van der Waals surface area contributed by atoms with E-state index in [2.05, 4.69) is 65.1 Å². The molecule has 0 spiro atoms. The lowest BCUT2D eigenvalue weighted by Gasteiger charge is -2.43. The quantitative estimate of drug-likeness (QED) is 0.224. The largest absolute Gasteiger partial charge is 0.331 e. The highest BCUT2D eigenvalue weighted by Gasteiger charge is 2.36. The molecular weight excluding hydrogens is 576 g/mol. The second kappa shape index (κ2) is 12.8. The van der Waals surface area contributed by atoms with E-state index in [1.807, 2.05) is 45.2 Å². The number of aryl methyl sites for hydroxylation is 2. The SMILES string of the molecule is CCc1cccc(CC)c1-n1c(CC(C)C)c(C(=O)N2CCNCC2(C)C)cc(-c2nc(-c3ccc(Cl)cc3)cs2)c1=O. The number of para-hydroxylation sites is 1. The summed E-state index contributed by atoms with van der Waals surface area (Å²) in [4.78, 5) is 36.3. The first-order valence-electron chi connectivity index (χ1n) is 15.2. The minimum Gasteiger partial charge on any atom is -0.331 e. The van der Waals surface area contributed by atoms with Gasteiger partial charge in [-0.1, -0.05) is 69.6 Å². The van der Waals surface area contributed by atoms with Crippen LogP contribution in [0, 0.1) is 5.92 Å². The van der Waals surface area contributed by atoms with Crippen molar-refractivity contribution in [2.45, 2.75) is 66.3 Å². The van der Waals surface area contributed by atoms with Gasteiger partial charge in [-0.15, -0.1) is 11.3 Å². The Morgan fingerprint density at radius 3 is 2.37 bits per heavy atom. The summed E-state index contributed by atoms with van der Waals surface area (Å²) in [6, 6.07) is 15.6. The summed E-state index contributed by atoms with van der Waals surface area (Å²) >= 11 is 7.55. The van der Waals surface area contributed by atoms with E-state index in [1.165, 1.54) is 11.3 Å². The Kier molecular flexibility index (Phi) is 9.26. The Hall–Kier alpha value is -3.26. The van der Waals surface area contributed by atoms with Crippen LogP contribution >= 0.6 is 22.9 Å². The lowest BCUT2D eigenvalue weighted by Crippen LogP contribution is -2.60. The maximum atomic E-state index is 14.8. The molecule has 2 aromatic carbocycles. The fraction of sp³-hybridized carbons (Fsp3) is 0.400. The van der Waals surface area contributed by atoms with Gasteiger partial charge in [0.2, 0.25) is 0 Å². The molecule has 6 nitrogen and oxygen atoms in total. The second-order valence-corrected chi connectivity index (χ2v) is 13.6. The molecular formula is C35H41ClN4O2S. The number of halogens is 1. The number of nitrogens with one attached hydrogen (secondary N) is 1. The molecule has 1 aliphatic rings. The van der Waals surface area contributed by atoms with Crippen molar-refractivity contribution in [3.63, 3.8) is 0 Å². The molecule has 1 aliphatic heterocycles. The monoisotopic (exact) mass is 616 g/mol. The van der Waals surface area contributed by atoms with E-state index in [4.69, 9.17) is 16.6 Å². The number of aromatic nitrogens is 2. The van der Waals surface area contributed by atoms with Crippen molar-refractivity contribution < 1.29 is 4.79 Å². The molecule has 1 amide bonds. The van der Waals surface area contributed by atoms with Crippen LogP contribution in [0.15, 0.2) is 58.7 Å². The molecule has 1 fully saturated rings. The molecule has 4 aromatic rings. The summed E-state index contributed by atoms with van der Waals surface area (Å²) in [7, 11) is 0. The number of amides is 1. The lowest BCUT2D eigenvalue weighted by molar-refractivity contribution is 0.0475. The third-order valence-electron chi connectivity index (χ3n) is 8.24. The molecule has 3 heterocycles. The van der Waals surface area contributed by atoms with Gasteiger partial charge in [-0.25, -0.2) is 4.98 Å². The van der Waals surface area contributed by atoms with Crippen LogP contribution in [0.4, 0.5) is 0 Å². The van der Waals surface area contributed by atoms with E-state index in [0.717, 1.165) is 53.2 Å². The van der Waals surface area contributed by atoms with Gasteiger partial charge in [-0.3, -0.25) is 14.2 Å². The van der Waals surface area contributed by atoms with Crippen molar-refractivity contribution in [2.75, 3.05) is 19.6 Å². The lowest BCUT2D eigenvalue weighted by atomic mass is 9.94. The molecule has 8 heteroatoms. The Balaban J connectivity index is 1.82. The molecule has 1 N–H and O–H groups in total. The minimum atomic E-state index is -0.371. The van der Waals surface area contributed by atoms with Crippen molar-refractivity contribution in [1.82, 2.24) is 19.8 Å². The van der Waals surface area contributed by atoms with Crippen LogP contribution in [-0.4, -0.2) is 45.5 Å². The number of piperazine rings is 1. The Morgan fingerprint density at radius 1 is 1.09 bits per heavy atom. The van der Waals surface area contributed by atoms with Crippen LogP contribution in [0.2, 0.25) is 5.02 Å². The zero-order valence-electron chi connectivity index (χ0n) is 26.0. The fourth-order valence-corrected chi connectivity index (χ4v) is 6.94. The van der Waals surface area contributed by atoms with Gasteiger partial charge in [-0.05, 0) is 68.4 Å². The first kappa shape index (κ1) is 31.2. The maximum Gasteiger partial charge on any atom is 0.265 e. The van der Waals surface area contributed by atoms with Crippen LogP contribution in [0.25, 0.3) is 27.5 Å². The minimum absolute atomic E-state index is 0.0429. The van der Waals surface area contributed by atoms with Crippen molar-refractivity contribution in [3.8, 4) is 27.5 Å². The number of benzene rings is 2. The van der Waals surface area contributed by atoms with Gasteiger partial charge in [-0.2, -0.15) is 0 Å². The van der Waals surface area contributed by atoms with Gasteiger partial charge in [0.1, 0.15) is 5.01 Å². The highest BCUT2D eigenvalue weighted by atomic mass is 35.5. The van der Waals surface area contributed by atoms with Crippen molar-refractivity contribution in [1.29, 1.82) is 0 Å². The molecule has 0 bridgehead atoms. The number of pyridine rings is 1. The summed E-state index contributed by atoms with van der Waals surface area (Å²) in [5.74, 6) is 0.188. The topological polar surface area (TPSA) is 67.2 Å². The molecule has 5 rings (SSSR count). The van der Waals surface area contributed by atoms with E-state index < -0.39 is 0 Å². The van der Waals surface area contributed by atoms with E-state index in [0.29, 0.717) is 40.7 Å². The Morgan fingerprint density at radius 2 is 1.77 bits per heavy atom. The molecule has 0 aliphatic carbocycles. The molecule has 0 atom stereocenters. The van der Waals surface area contributed by atoms with Crippen LogP contribution in [0.5, 0.6) is 0 Å². The average Bonchev–Trinajstić information content (AvgIpc) is 3.47. The summed E-state index contributed by atoms with van der Waals surface area (Å²) in [5, 5.41) is 6.64. The number of carbonyl (C=O) groups excluding carboxylic acids is 1. The number of hydrogen-bond acceptors (Lipinski definition) is 5. The predicted molar refractivity (Wildman–Crippen MR) is 179 cm³/mol. The van der Waals surface area contributed by atoms with Gasteiger partial charge >= 0.3 is 0 Å². The second-order valence-electron chi connectivity index (χ2n) is 12.3. The smallest absolute Gasteiger partial charge is 0.265 e. The van der Waals surface area contributed by atoms with E-state index in [1.54, 1.807) is 0 Å². The number of hydrogen-bond donors (Lipinski definition) is 1. The number of nitrogens with zero attached hydrogens (tertiary/aromatic N) is 3. The Bertz CT molecular complexity index is 1660. The Labute approximate surface area is 263 Å². The summed E-state index contributed by atoms with van der Waals surface area (Å²) in [6.45, 7) is 14.7. The normalized spacial score (nSPS) is 14.8. The van der Waals surface area contributed by atoms with E-state index in [9.17, 15) is 9.59 Å². The number of rotatable bonds is 8. The van der Waals surface area contributed by atoms with Gasteiger partial charge < -0.3 is 10.2 Å². The standard InChI is InChI=1S/C35H41ClN4O2S/c1-7-23-10-9-11-24(8-2)31(23)40-30(18-22(3)4)27(33(41)39-17-16-37-21-35(39,5)6)19-28(34(40)42)32-38-29(20-43-32)25-12-14-26(36)15-13-25/h9-15,19-20,22,37H,7-8,16-18,21H2,1-6H3. The first-order valence-corrected chi connectivity index (χ1v) is 16.5. The summed E-state index contributed by atoms with van der Waals surface area (Å²) < 4.78 is 1.86. The first-order chi connectivity index (χ1) is 20.6. The fourth-order valence-electron chi connectivity index (χ4n) is 5.97. The van der Waals surface area contributed by atoms with E-state index >= 15 is 0 Å². The molecule has 226 valence electrons. The van der Waals surface area contributed by atoms with Crippen LogP contribution in [0.1, 0.15) is 68.7 Å². The van der Waals surface area contributed by atoms with Crippen molar-refractivity contribution in [3.05, 3.63) is 91.7 Å². The molecule has 0 unspecified atom stereocenters. The zero-order valence-corrected chi connectivity index (χ0v) is 27.5. The summed E-state index contributed by atoms with van der Waals surface area (Å²) in [5.41, 5.74) is 6.06. The average molecular weight is 617 g/mol. The number of carbonyl (C=O) groups is 1. The van der Waals surface area contributed by atoms with Crippen LogP contribution in [-0.2, 0) is 19.3 Å². The van der Waals surface area contributed by atoms with Gasteiger partial charge in [0, 0.05) is 41.3 Å². The molecule has 43 heavy (non-hydrogen) atoms. The third kappa shape index (κ3) is 6.21. The zero-order chi connectivity index (χ0) is 30.9. The maximum absolute atomic E-state index is 14.8. The van der Waals surface area contributed by atoms with Gasteiger partial charge in [0.05, 0.1) is 28.0 Å². The number of thiazole rings is 1. The molecule has 1 saturated heterocycles. The van der Waals surface area contributed by atoms with Gasteiger partial charge in [0.15, 0.2) is 0 Å². The predicted octanol–water partition coefficient (Wildman–Crippen LogP) is 7.43. The third-order valence-corrected chi connectivity index (χ3v) is 9.37. The highest BCUT2D eigenvalue weighted by Crippen LogP contribution is 2.33. The van der Waals surface area contributed by atoms with E-state index in [-0.39, 0.29) is 22.9 Å².